The largest absolute Gasteiger partial charge is 0.481 e. The van der Waals surface area contributed by atoms with Crippen LogP contribution in [0.1, 0.15) is 66.8 Å². The molecule has 6 nitrogen and oxygen atoms in total. The lowest BCUT2D eigenvalue weighted by molar-refractivity contribution is -0.151. The van der Waals surface area contributed by atoms with Crippen molar-refractivity contribution in [2.24, 2.45) is 23.7 Å². The molecule has 1 amide bonds. The Morgan fingerprint density at radius 3 is 2.37 bits per heavy atom. The number of fused-ring (bicyclic) bond motifs is 3. The topological polar surface area (TPSA) is 92.7 Å². The first kappa shape index (κ1) is 21.1. The highest BCUT2D eigenvalue weighted by Crippen LogP contribution is 2.46. The smallest absolute Gasteiger partial charge is 0.341 e. The zero-order valence-corrected chi connectivity index (χ0v) is 18.3. The second kappa shape index (κ2) is 8.53. The number of carbonyl (C=O) groups excluding carboxylic acids is 2. The van der Waals surface area contributed by atoms with Gasteiger partial charge >= 0.3 is 11.9 Å². The maximum absolute atomic E-state index is 13.3. The molecule has 4 atom stereocenters. The van der Waals surface area contributed by atoms with Crippen molar-refractivity contribution in [2.75, 3.05) is 5.32 Å². The standard InChI is InChI=1S/C23H29NO5S/c1-12(2)29-23(28)19-15-6-4-3-5-7-16(15)30-21(19)24-20(25)17-13-8-10-14(11-9-13)18(17)22(26)27/h8,10,12-14,17-18H,3-7,9,11H2,1-2H3,(H,24,25)(H,26,27)/t13-,14-,17-,18-/m0/s1. The van der Waals surface area contributed by atoms with Crippen LogP contribution in [-0.4, -0.2) is 29.1 Å². The highest BCUT2D eigenvalue weighted by Gasteiger charge is 2.48. The van der Waals surface area contributed by atoms with Gasteiger partial charge in [0, 0.05) is 4.88 Å². The van der Waals surface area contributed by atoms with Crippen molar-refractivity contribution >= 4 is 34.2 Å². The van der Waals surface area contributed by atoms with Crippen molar-refractivity contribution in [3.8, 4) is 0 Å². The van der Waals surface area contributed by atoms with Crippen LogP contribution in [0.2, 0.25) is 0 Å². The molecule has 0 spiro atoms. The molecule has 162 valence electrons. The van der Waals surface area contributed by atoms with Gasteiger partial charge in [0.05, 0.1) is 23.5 Å². The zero-order chi connectivity index (χ0) is 21.4. The Bertz CT molecular complexity index is 886. The molecule has 1 saturated carbocycles. The van der Waals surface area contributed by atoms with Crippen LogP contribution >= 0.6 is 11.3 Å². The summed E-state index contributed by atoms with van der Waals surface area (Å²) in [5.74, 6) is -3.11. The Labute approximate surface area is 180 Å². The minimum absolute atomic E-state index is 0.0695. The van der Waals surface area contributed by atoms with Gasteiger partial charge in [0.15, 0.2) is 0 Å². The normalized spacial score (nSPS) is 27.4. The molecule has 5 rings (SSSR count). The van der Waals surface area contributed by atoms with Crippen molar-refractivity contribution in [1.82, 2.24) is 0 Å². The molecule has 1 heterocycles. The molecule has 7 heteroatoms. The molecule has 1 aromatic rings. The fourth-order valence-electron chi connectivity index (χ4n) is 5.20. The van der Waals surface area contributed by atoms with Crippen molar-refractivity contribution in [3.63, 3.8) is 0 Å². The van der Waals surface area contributed by atoms with E-state index in [1.165, 1.54) is 11.3 Å². The zero-order valence-electron chi connectivity index (χ0n) is 17.5. The summed E-state index contributed by atoms with van der Waals surface area (Å²) >= 11 is 1.45. The lowest BCUT2D eigenvalue weighted by Crippen LogP contribution is -2.47. The van der Waals surface area contributed by atoms with Crippen LogP contribution in [0.5, 0.6) is 0 Å². The van der Waals surface area contributed by atoms with E-state index in [1.54, 1.807) is 0 Å². The molecule has 2 bridgehead atoms. The third kappa shape index (κ3) is 3.92. The summed E-state index contributed by atoms with van der Waals surface area (Å²) in [7, 11) is 0. The molecule has 0 unspecified atom stereocenters. The number of esters is 1. The molecular weight excluding hydrogens is 402 g/mol. The number of hydrogen-bond acceptors (Lipinski definition) is 5. The van der Waals surface area contributed by atoms with Crippen molar-refractivity contribution < 1.29 is 24.2 Å². The average Bonchev–Trinajstić information content (AvgIpc) is 2.88. The van der Waals surface area contributed by atoms with Crippen LogP contribution in [0.4, 0.5) is 5.00 Å². The average molecular weight is 432 g/mol. The predicted octanol–water partition coefficient (Wildman–Crippen LogP) is 4.43. The number of nitrogens with one attached hydrogen (secondary N) is 1. The summed E-state index contributed by atoms with van der Waals surface area (Å²) in [6.45, 7) is 3.62. The van der Waals surface area contributed by atoms with E-state index < -0.39 is 23.8 Å². The number of carboxylic acids is 1. The van der Waals surface area contributed by atoms with Gasteiger partial charge in [-0.05, 0) is 69.8 Å². The summed E-state index contributed by atoms with van der Waals surface area (Å²) in [5.41, 5.74) is 1.47. The second-order valence-corrected chi connectivity index (χ2v) is 10.00. The van der Waals surface area contributed by atoms with Gasteiger partial charge in [0.25, 0.3) is 0 Å². The molecule has 4 aliphatic rings. The molecule has 1 fully saturated rings. The van der Waals surface area contributed by atoms with E-state index in [1.807, 2.05) is 26.0 Å². The van der Waals surface area contributed by atoms with Crippen LogP contribution in [0, 0.1) is 23.7 Å². The Balaban J connectivity index is 1.65. The fourth-order valence-corrected chi connectivity index (χ4v) is 6.48. The molecule has 0 radical (unpaired) electrons. The third-order valence-electron chi connectivity index (χ3n) is 6.54. The van der Waals surface area contributed by atoms with Crippen LogP contribution < -0.4 is 5.32 Å². The molecule has 4 aliphatic carbocycles. The van der Waals surface area contributed by atoms with Gasteiger partial charge in [-0.3, -0.25) is 9.59 Å². The molecule has 0 aromatic carbocycles. The van der Waals surface area contributed by atoms with Gasteiger partial charge in [-0.25, -0.2) is 4.79 Å². The first-order chi connectivity index (χ1) is 14.4. The lowest BCUT2D eigenvalue weighted by Gasteiger charge is -2.41. The number of rotatable bonds is 5. The number of thiophene rings is 1. The maximum atomic E-state index is 13.3. The number of hydrogen-bond donors (Lipinski definition) is 2. The van der Waals surface area contributed by atoms with E-state index in [-0.39, 0.29) is 23.8 Å². The van der Waals surface area contributed by atoms with Gasteiger partial charge in [-0.2, -0.15) is 0 Å². The molecule has 2 N–H and O–H groups in total. The van der Waals surface area contributed by atoms with Crippen molar-refractivity contribution in [3.05, 3.63) is 28.2 Å². The maximum Gasteiger partial charge on any atom is 0.341 e. The third-order valence-corrected chi connectivity index (χ3v) is 7.75. The summed E-state index contributed by atoms with van der Waals surface area (Å²) in [5, 5.41) is 13.2. The number of ether oxygens (including phenoxy) is 1. The van der Waals surface area contributed by atoms with E-state index >= 15 is 0 Å². The fraction of sp³-hybridized carbons (Fsp3) is 0.609. The molecular formula is C23H29NO5S. The van der Waals surface area contributed by atoms with Gasteiger partial charge in [-0.15, -0.1) is 11.3 Å². The van der Waals surface area contributed by atoms with Gasteiger partial charge < -0.3 is 15.2 Å². The van der Waals surface area contributed by atoms with Gasteiger partial charge in [0.1, 0.15) is 5.00 Å². The van der Waals surface area contributed by atoms with E-state index in [9.17, 15) is 19.5 Å². The first-order valence-corrected chi connectivity index (χ1v) is 11.8. The lowest BCUT2D eigenvalue weighted by atomic mass is 9.62. The minimum Gasteiger partial charge on any atom is -0.481 e. The number of amides is 1. The second-order valence-electron chi connectivity index (χ2n) is 8.89. The van der Waals surface area contributed by atoms with Crippen LogP contribution in [-0.2, 0) is 27.2 Å². The summed E-state index contributed by atoms with van der Waals surface area (Å²) in [4.78, 5) is 39.3. The minimum atomic E-state index is -0.921. The highest BCUT2D eigenvalue weighted by atomic mass is 32.1. The van der Waals surface area contributed by atoms with Gasteiger partial charge in [0.2, 0.25) is 5.91 Å². The van der Waals surface area contributed by atoms with E-state index in [0.29, 0.717) is 10.6 Å². The Morgan fingerprint density at radius 1 is 1.07 bits per heavy atom. The quantitative estimate of drug-likeness (QED) is 0.409. The number of allylic oxidation sites excluding steroid dienone is 2. The molecule has 30 heavy (non-hydrogen) atoms. The summed E-state index contributed by atoms with van der Waals surface area (Å²) < 4.78 is 5.49. The van der Waals surface area contributed by atoms with Crippen molar-refractivity contribution in [1.29, 1.82) is 0 Å². The monoisotopic (exact) mass is 431 g/mol. The Kier molecular flexibility index (Phi) is 6.00. The van der Waals surface area contributed by atoms with Crippen molar-refractivity contribution in [2.45, 2.75) is 64.9 Å². The Morgan fingerprint density at radius 2 is 1.73 bits per heavy atom. The number of carboxylic acid groups (broad SMARTS) is 1. The predicted molar refractivity (Wildman–Crippen MR) is 115 cm³/mol. The van der Waals surface area contributed by atoms with E-state index in [2.05, 4.69) is 5.32 Å². The highest BCUT2D eigenvalue weighted by molar-refractivity contribution is 7.17. The first-order valence-electron chi connectivity index (χ1n) is 10.9. The summed E-state index contributed by atoms with van der Waals surface area (Å²) in [6.07, 6.45) is 10.2. The molecule has 0 saturated heterocycles. The Hall–Kier alpha value is -2.15. The van der Waals surface area contributed by atoms with Gasteiger partial charge in [-0.1, -0.05) is 18.6 Å². The van der Waals surface area contributed by atoms with Crippen LogP contribution in [0.15, 0.2) is 12.2 Å². The van der Waals surface area contributed by atoms with Crippen LogP contribution in [0.25, 0.3) is 0 Å². The number of aliphatic carboxylic acids is 1. The van der Waals surface area contributed by atoms with E-state index in [0.717, 1.165) is 55.4 Å². The summed E-state index contributed by atoms with van der Waals surface area (Å²) in [6, 6.07) is 0. The number of aryl methyl sites for hydroxylation is 1. The molecule has 0 aliphatic heterocycles. The molecule has 1 aromatic heterocycles. The van der Waals surface area contributed by atoms with Crippen LogP contribution in [0.3, 0.4) is 0 Å². The SMILES string of the molecule is CC(C)OC(=O)c1c(NC(=O)[C@@H]2[C@@H](C(=O)O)[C@H]3C=C[C@H]2CC3)sc2c1CCCCC2. The number of anilines is 1. The van der Waals surface area contributed by atoms with E-state index in [4.69, 9.17) is 4.74 Å². The number of carbonyl (C=O) groups is 3.